The minimum Gasteiger partial charge on any atom is -0.392 e. The van der Waals surface area contributed by atoms with Crippen LogP contribution in [0.3, 0.4) is 0 Å². The standard InChI is InChI=1S/C22H22F3N7OS/c1-34-32-7-5-15(6-8-32)29-21-27-10-17(22(23,24)25)20(30-21)18-11-31(13-28-18)19-4-2-3-14(9-26)16(19)12-33/h2-4,10-11,13,15,33H,5-8,12H2,1H3,(H,27,29,30). The topological polar surface area (TPSA) is 103 Å². The molecule has 8 nitrogen and oxygen atoms in total. The Kier molecular flexibility index (Phi) is 7.06. The third-order valence-corrected chi connectivity index (χ3v) is 6.55. The van der Waals surface area contributed by atoms with E-state index in [2.05, 4.69) is 24.6 Å². The summed E-state index contributed by atoms with van der Waals surface area (Å²) in [7, 11) is 0. The average molecular weight is 490 g/mol. The van der Waals surface area contributed by atoms with Crippen molar-refractivity contribution in [3.8, 4) is 23.1 Å². The van der Waals surface area contributed by atoms with Gasteiger partial charge in [-0.1, -0.05) is 18.0 Å². The van der Waals surface area contributed by atoms with E-state index in [1.807, 2.05) is 12.3 Å². The molecule has 0 aliphatic carbocycles. The molecule has 0 unspecified atom stereocenters. The predicted octanol–water partition coefficient (Wildman–Crippen LogP) is 3.87. The van der Waals surface area contributed by atoms with Gasteiger partial charge in [0.15, 0.2) is 0 Å². The van der Waals surface area contributed by atoms with Gasteiger partial charge < -0.3 is 15.0 Å². The van der Waals surface area contributed by atoms with Gasteiger partial charge in [-0.15, -0.1) is 0 Å². The van der Waals surface area contributed by atoms with Gasteiger partial charge in [-0.25, -0.2) is 15.0 Å². The number of nitrogens with one attached hydrogen (secondary N) is 1. The Morgan fingerprint density at radius 3 is 2.68 bits per heavy atom. The first-order valence-corrected chi connectivity index (χ1v) is 11.7. The van der Waals surface area contributed by atoms with Crippen LogP contribution in [0.4, 0.5) is 19.1 Å². The number of halogens is 3. The second-order valence-corrected chi connectivity index (χ2v) is 8.60. The molecule has 0 bridgehead atoms. The number of imidazole rings is 1. The SMILES string of the molecule is CSN1CCC(Nc2ncc(C(F)(F)F)c(-c3cn(-c4cccc(C#N)c4CO)cn3)n2)CC1. The molecule has 0 radical (unpaired) electrons. The normalized spacial score (nSPS) is 15.3. The van der Waals surface area contributed by atoms with Crippen molar-refractivity contribution in [2.45, 2.75) is 31.7 Å². The van der Waals surface area contributed by atoms with Crippen LogP contribution in [-0.2, 0) is 12.8 Å². The molecule has 4 rings (SSSR count). The van der Waals surface area contributed by atoms with E-state index in [4.69, 9.17) is 0 Å². The second-order valence-electron chi connectivity index (χ2n) is 7.72. The molecule has 12 heteroatoms. The number of hydrogen-bond donors (Lipinski definition) is 2. The first-order valence-electron chi connectivity index (χ1n) is 10.5. The van der Waals surface area contributed by atoms with E-state index >= 15 is 0 Å². The lowest BCUT2D eigenvalue weighted by atomic mass is 10.1. The van der Waals surface area contributed by atoms with E-state index in [0.29, 0.717) is 11.3 Å². The number of piperidine rings is 1. The number of benzene rings is 1. The minimum absolute atomic E-state index is 0.00114. The number of nitrogens with zero attached hydrogens (tertiary/aromatic N) is 6. The maximum Gasteiger partial charge on any atom is 0.420 e. The van der Waals surface area contributed by atoms with E-state index in [1.54, 1.807) is 30.1 Å². The summed E-state index contributed by atoms with van der Waals surface area (Å²) < 4.78 is 44.9. The monoisotopic (exact) mass is 489 g/mol. The van der Waals surface area contributed by atoms with Crippen molar-refractivity contribution in [2.24, 2.45) is 0 Å². The van der Waals surface area contributed by atoms with Gasteiger partial charge in [-0.05, 0) is 31.2 Å². The lowest BCUT2D eigenvalue weighted by Gasteiger charge is -2.30. The maximum atomic E-state index is 13.7. The van der Waals surface area contributed by atoms with Crippen LogP contribution in [-0.4, -0.2) is 54.3 Å². The summed E-state index contributed by atoms with van der Waals surface area (Å²) in [6, 6.07) is 6.90. The largest absolute Gasteiger partial charge is 0.420 e. The summed E-state index contributed by atoms with van der Waals surface area (Å²) in [6.45, 7) is 1.33. The van der Waals surface area contributed by atoms with Crippen molar-refractivity contribution in [3.63, 3.8) is 0 Å². The molecule has 1 saturated heterocycles. The number of anilines is 1. The zero-order valence-electron chi connectivity index (χ0n) is 18.2. The summed E-state index contributed by atoms with van der Waals surface area (Å²) >= 11 is 1.67. The van der Waals surface area contributed by atoms with Crippen molar-refractivity contribution in [1.82, 2.24) is 23.8 Å². The van der Waals surface area contributed by atoms with Gasteiger partial charge in [0, 0.05) is 37.1 Å². The fraction of sp³-hybridized carbons (Fsp3) is 0.364. The van der Waals surface area contributed by atoms with E-state index in [9.17, 15) is 23.5 Å². The molecule has 2 aromatic heterocycles. The highest BCUT2D eigenvalue weighted by Crippen LogP contribution is 2.36. The Labute approximate surface area is 198 Å². The van der Waals surface area contributed by atoms with Crippen LogP contribution in [0.25, 0.3) is 17.1 Å². The van der Waals surface area contributed by atoms with Crippen molar-refractivity contribution in [1.29, 1.82) is 5.26 Å². The third kappa shape index (κ3) is 5.01. The molecule has 3 aromatic rings. The van der Waals surface area contributed by atoms with Crippen LogP contribution in [0, 0.1) is 11.3 Å². The number of nitriles is 1. The first kappa shape index (κ1) is 24.0. The Hall–Kier alpha value is -3.14. The Balaban J connectivity index is 1.68. The van der Waals surface area contributed by atoms with Crippen LogP contribution < -0.4 is 5.32 Å². The molecule has 0 amide bonds. The Morgan fingerprint density at radius 1 is 1.26 bits per heavy atom. The van der Waals surface area contributed by atoms with Gasteiger partial charge in [0.25, 0.3) is 0 Å². The molecule has 2 N–H and O–H groups in total. The highest BCUT2D eigenvalue weighted by atomic mass is 32.2. The van der Waals surface area contributed by atoms with Gasteiger partial charge in [0.2, 0.25) is 5.95 Å². The molecule has 1 aliphatic heterocycles. The van der Waals surface area contributed by atoms with Crippen LogP contribution in [0.2, 0.25) is 0 Å². The molecule has 1 fully saturated rings. The molecule has 0 spiro atoms. The van der Waals surface area contributed by atoms with Gasteiger partial charge in [0.1, 0.15) is 17.0 Å². The first-order chi connectivity index (χ1) is 16.3. The molecule has 3 heterocycles. The van der Waals surface area contributed by atoms with E-state index in [0.717, 1.165) is 32.1 Å². The molecular weight excluding hydrogens is 467 g/mol. The maximum absolute atomic E-state index is 13.7. The fourth-order valence-electron chi connectivity index (χ4n) is 3.88. The number of rotatable bonds is 6. The van der Waals surface area contributed by atoms with Crippen molar-refractivity contribution < 1.29 is 18.3 Å². The van der Waals surface area contributed by atoms with Gasteiger partial charge in [0.05, 0.1) is 30.3 Å². The molecule has 178 valence electrons. The van der Waals surface area contributed by atoms with Crippen LogP contribution in [0.5, 0.6) is 0 Å². The van der Waals surface area contributed by atoms with Crippen molar-refractivity contribution in [3.05, 3.63) is 53.6 Å². The van der Waals surface area contributed by atoms with Gasteiger partial charge in [-0.3, -0.25) is 4.31 Å². The average Bonchev–Trinajstić information content (AvgIpc) is 3.33. The third-order valence-electron chi connectivity index (χ3n) is 5.67. The highest BCUT2D eigenvalue weighted by molar-refractivity contribution is 7.96. The summed E-state index contributed by atoms with van der Waals surface area (Å²) in [5.74, 6) is 0.114. The van der Waals surface area contributed by atoms with Crippen LogP contribution in [0.1, 0.15) is 29.5 Å². The molecule has 1 aliphatic rings. The number of hydrogen-bond acceptors (Lipinski definition) is 8. The van der Waals surface area contributed by atoms with Crippen LogP contribution >= 0.6 is 11.9 Å². The van der Waals surface area contributed by atoms with Gasteiger partial charge >= 0.3 is 6.18 Å². The Morgan fingerprint density at radius 2 is 2.03 bits per heavy atom. The quantitative estimate of drug-likeness (QED) is 0.503. The van der Waals surface area contributed by atoms with Crippen LogP contribution in [0.15, 0.2) is 36.9 Å². The molecular formula is C22H22F3N7OS. The number of aliphatic hydroxyl groups is 1. The molecule has 0 saturated carbocycles. The molecule has 1 aromatic carbocycles. The van der Waals surface area contributed by atoms with E-state index < -0.39 is 18.3 Å². The lowest BCUT2D eigenvalue weighted by Crippen LogP contribution is -2.35. The molecule has 34 heavy (non-hydrogen) atoms. The van der Waals surface area contributed by atoms with E-state index in [-0.39, 0.29) is 28.9 Å². The highest BCUT2D eigenvalue weighted by Gasteiger charge is 2.36. The van der Waals surface area contributed by atoms with Gasteiger partial charge in [-0.2, -0.15) is 18.4 Å². The smallest absolute Gasteiger partial charge is 0.392 e. The van der Waals surface area contributed by atoms with E-state index in [1.165, 1.54) is 17.1 Å². The lowest BCUT2D eigenvalue weighted by molar-refractivity contribution is -0.137. The number of aliphatic hydroxyl groups excluding tert-OH is 1. The molecule has 0 atom stereocenters. The van der Waals surface area contributed by atoms with Crippen molar-refractivity contribution >= 4 is 17.9 Å². The number of aromatic nitrogens is 4. The second kappa shape index (κ2) is 10.0. The zero-order valence-corrected chi connectivity index (χ0v) is 19.1. The minimum atomic E-state index is -4.67. The fourth-order valence-corrected chi connectivity index (χ4v) is 4.46. The summed E-state index contributed by atoms with van der Waals surface area (Å²) in [4.78, 5) is 12.3. The zero-order chi connectivity index (χ0) is 24.3. The predicted molar refractivity (Wildman–Crippen MR) is 122 cm³/mol. The Bertz CT molecular complexity index is 1200. The summed E-state index contributed by atoms with van der Waals surface area (Å²) in [6.07, 6.45) is 2.50. The summed E-state index contributed by atoms with van der Waals surface area (Å²) in [5, 5.41) is 22.2. The van der Waals surface area contributed by atoms with Crippen molar-refractivity contribution in [2.75, 3.05) is 24.7 Å². The summed E-state index contributed by atoms with van der Waals surface area (Å²) in [5.41, 5.74) is -0.261. The number of alkyl halides is 3.